The number of rotatable bonds is 14. The maximum atomic E-state index is 13.8. The van der Waals surface area contributed by atoms with Crippen LogP contribution in [0.25, 0.3) is 0 Å². The SMILES string of the molecule is CCOC(=O)C[C@H](CCCN1CC(=O)N(C)c2ccc(NC(=O)NCc3ccccc3)cc2C1=O)c1ccc(NC(=O)NCc2ccccc2)cc1. The Morgan fingerprint density at radius 1 is 0.769 bits per heavy atom. The summed E-state index contributed by atoms with van der Waals surface area (Å²) in [5, 5.41) is 11.3. The Morgan fingerprint density at radius 3 is 1.94 bits per heavy atom. The smallest absolute Gasteiger partial charge is 0.319 e. The zero-order chi connectivity index (χ0) is 36.9. The van der Waals surface area contributed by atoms with Crippen molar-refractivity contribution in [2.45, 2.75) is 45.2 Å². The molecule has 0 spiro atoms. The van der Waals surface area contributed by atoms with Gasteiger partial charge in [0.05, 0.1) is 24.3 Å². The summed E-state index contributed by atoms with van der Waals surface area (Å²) in [4.78, 5) is 67.6. The molecule has 0 radical (unpaired) electrons. The minimum absolute atomic E-state index is 0.112. The van der Waals surface area contributed by atoms with Gasteiger partial charge in [-0.25, -0.2) is 9.59 Å². The number of amides is 6. The predicted molar refractivity (Wildman–Crippen MR) is 200 cm³/mol. The summed E-state index contributed by atoms with van der Waals surface area (Å²) >= 11 is 0. The first-order chi connectivity index (χ1) is 25.2. The van der Waals surface area contributed by atoms with Crippen molar-refractivity contribution in [2.75, 3.05) is 42.3 Å². The third-order valence-corrected chi connectivity index (χ3v) is 8.76. The molecule has 0 bridgehead atoms. The average Bonchev–Trinajstić information content (AvgIpc) is 3.24. The Labute approximate surface area is 303 Å². The highest BCUT2D eigenvalue weighted by Crippen LogP contribution is 2.30. The number of urea groups is 2. The van der Waals surface area contributed by atoms with Crippen molar-refractivity contribution in [1.29, 1.82) is 0 Å². The zero-order valence-electron chi connectivity index (χ0n) is 29.4. The lowest BCUT2D eigenvalue weighted by molar-refractivity contribution is -0.143. The van der Waals surface area contributed by atoms with Crippen LogP contribution in [0.3, 0.4) is 0 Å². The van der Waals surface area contributed by atoms with Gasteiger partial charge in [0.2, 0.25) is 5.91 Å². The van der Waals surface area contributed by atoms with Gasteiger partial charge in [0.25, 0.3) is 5.91 Å². The second-order valence-corrected chi connectivity index (χ2v) is 12.5. The van der Waals surface area contributed by atoms with Crippen LogP contribution in [-0.4, -0.2) is 61.5 Å². The molecule has 4 aromatic rings. The lowest BCUT2D eigenvalue weighted by Gasteiger charge is -2.22. The van der Waals surface area contributed by atoms with E-state index in [1.807, 2.05) is 72.8 Å². The summed E-state index contributed by atoms with van der Waals surface area (Å²) in [5.74, 6) is -1.13. The van der Waals surface area contributed by atoms with E-state index in [0.29, 0.717) is 48.6 Å². The fourth-order valence-electron chi connectivity index (χ4n) is 5.99. The highest BCUT2D eigenvalue weighted by molar-refractivity contribution is 6.10. The van der Waals surface area contributed by atoms with E-state index in [1.165, 1.54) is 9.80 Å². The third kappa shape index (κ3) is 10.4. The van der Waals surface area contributed by atoms with Crippen LogP contribution in [0.15, 0.2) is 103 Å². The molecule has 0 aliphatic carbocycles. The molecule has 12 nitrogen and oxygen atoms in total. The van der Waals surface area contributed by atoms with Crippen molar-refractivity contribution in [3.63, 3.8) is 0 Å². The van der Waals surface area contributed by atoms with Gasteiger partial charge >= 0.3 is 18.0 Å². The number of likely N-dealkylation sites (N-methyl/N-ethyl adjacent to an activating group) is 1. The van der Waals surface area contributed by atoms with E-state index in [0.717, 1.165) is 16.7 Å². The highest BCUT2D eigenvalue weighted by Gasteiger charge is 2.30. The number of carbonyl (C=O) groups excluding carboxylic acids is 5. The van der Waals surface area contributed by atoms with E-state index in [2.05, 4.69) is 21.3 Å². The third-order valence-electron chi connectivity index (χ3n) is 8.76. The van der Waals surface area contributed by atoms with Crippen LogP contribution in [0.4, 0.5) is 26.7 Å². The maximum absolute atomic E-state index is 13.8. The van der Waals surface area contributed by atoms with Crippen molar-refractivity contribution in [2.24, 2.45) is 0 Å². The van der Waals surface area contributed by atoms with Crippen molar-refractivity contribution in [1.82, 2.24) is 15.5 Å². The van der Waals surface area contributed by atoms with Gasteiger partial charge in [-0.2, -0.15) is 0 Å². The molecule has 1 aliphatic rings. The second-order valence-electron chi connectivity index (χ2n) is 12.5. The number of esters is 1. The molecule has 0 unspecified atom stereocenters. The van der Waals surface area contributed by atoms with Crippen molar-refractivity contribution < 1.29 is 28.7 Å². The Kier molecular flexibility index (Phi) is 13.0. The standard InChI is InChI=1S/C40H44N6O6/c1-3-52-37(48)23-31(30-16-18-32(19-17-30)43-39(50)41-25-28-11-6-4-7-12-28)15-10-22-46-27-36(47)45(2)35-21-20-33(24-34(35)38(46)49)44-40(51)42-26-29-13-8-5-9-14-29/h4-9,11-14,16-21,24,31H,3,10,15,22-23,25-27H2,1-2H3,(H2,41,43,50)(H2,42,44,51)/t31-/m0/s1. The maximum Gasteiger partial charge on any atom is 0.319 e. The molecule has 12 heteroatoms. The minimum Gasteiger partial charge on any atom is -0.466 e. The van der Waals surface area contributed by atoms with Crippen LogP contribution in [0.2, 0.25) is 0 Å². The van der Waals surface area contributed by atoms with Crippen LogP contribution in [0.1, 0.15) is 59.2 Å². The van der Waals surface area contributed by atoms with Gasteiger partial charge in [-0.3, -0.25) is 14.4 Å². The monoisotopic (exact) mass is 704 g/mol. The number of nitrogens with one attached hydrogen (secondary N) is 4. The van der Waals surface area contributed by atoms with E-state index in [-0.39, 0.29) is 55.8 Å². The summed E-state index contributed by atoms with van der Waals surface area (Å²) in [7, 11) is 1.62. The Balaban J connectivity index is 1.21. The van der Waals surface area contributed by atoms with Gasteiger partial charge < -0.3 is 35.8 Å². The van der Waals surface area contributed by atoms with E-state index in [1.54, 1.807) is 44.3 Å². The van der Waals surface area contributed by atoms with Gasteiger partial charge in [0.1, 0.15) is 6.54 Å². The zero-order valence-corrected chi connectivity index (χ0v) is 29.4. The molecule has 0 saturated heterocycles. The van der Waals surface area contributed by atoms with Crippen LogP contribution in [-0.2, 0) is 27.4 Å². The molecule has 5 rings (SSSR count). The van der Waals surface area contributed by atoms with Crippen LogP contribution >= 0.6 is 0 Å². The van der Waals surface area contributed by atoms with Gasteiger partial charge in [-0.05, 0) is 72.7 Å². The molecule has 52 heavy (non-hydrogen) atoms. The first-order valence-electron chi connectivity index (χ1n) is 17.3. The van der Waals surface area contributed by atoms with E-state index in [4.69, 9.17) is 4.74 Å². The Hall–Kier alpha value is -6.17. The molecule has 0 saturated carbocycles. The fraction of sp³-hybridized carbons (Fsp3) is 0.275. The summed E-state index contributed by atoms with van der Waals surface area (Å²) in [6, 6.07) is 30.6. The van der Waals surface area contributed by atoms with Crippen molar-refractivity contribution in [3.8, 4) is 0 Å². The van der Waals surface area contributed by atoms with Crippen LogP contribution in [0, 0.1) is 0 Å². The summed E-state index contributed by atoms with van der Waals surface area (Å²) in [5.41, 5.74) is 4.59. The van der Waals surface area contributed by atoms with Crippen molar-refractivity contribution >= 4 is 46.9 Å². The largest absolute Gasteiger partial charge is 0.466 e. The van der Waals surface area contributed by atoms with E-state index in [9.17, 15) is 24.0 Å². The first kappa shape index (κ1) is 37.1. The molecular formula is C40H44N6O6. The first-order valence-corrected chi connectivity index (χ1v) is 17.3. The summed E-state index contributed by atoms with van der Waals surface area (Å²) in [6.45, 7) is 2.91. The molecule has 0 fully saturated rings. The molecule has 4 aromatic carbocycles. The summed E-state index contributed by atoms with van der Waals surface area (Å²) in [6.07, 6.45) is 1.18. The Bertz CT molecular complexity index is 1850. The number of anilines is 3. The van der Waals surface area contributed by atoms with Crippen LogP contribution < -0.4 is 26.2 Å². The quantitative estimate of drug-likeness (QED) is 0.114. The number of nitrogens with zero attached hydrogens (tertiary/aromatic N) is 2. The fourth-order valence-corrected chi connectivity index (χ4v) is 5.99. The number of hydrogen-bond acceptors (Lipinski definition) is 6. The number of carbonyl (C=O) groups is 5. The Morgan fingerprint density at radius 2 is 1.35 bits per heavy atom. The topological polar surface area (TPSA) is 149 Å². The van der Waals surface area contributed by atoms with E-state index >= 15 is 0 Å². The second kappa shape index (κ2) is 18.2. The average molecular weight is 705 g/mol. The van der Waals surface area contributed by atoms with Gasteiger partial charge in [0.15, 0.2) is 0 Å². The van der Waals surface area contributed by atoms with E-state index < -0.39 is 6.03 Å². The molecule has 1 aliphatic heterocycles. The van der Waals surface area contributed by atoms with Gasteiger partial charge in [0, 0.05) is 38.1 Å². The number of ether oxygens (including phenoxy) is 1. The van der Waals surface area contributed by atoms with Crippen LogP contribution in [0.5, 0.6) is 0 Å². The lowest BCUT2D eigenvalue weighted by Crippen LogP contribution is -2.38. The number of benzene rings is 4. The highest BCUT2D eigenvalue weighted by atomic mass is 16.5. The molecule has 1 atom stereocenters. The number of hydrogen-bond donors (Lipinski definition) is 4. The molecule has 0 aromatic heterocycles. The van der Waals surface area contributed by atoms with Gasteiger partial charge in [-0.15, -0.1) is 0 Å². The predicted octanol–water partition coefficient (Wildman–Crippen LogP) is 6.27. The number of fused-ring (bicyclic) bond motifs is 1. The normalized spacial score (nSPS) is 13.0. The minimum atomic E-state index is -0.422. The molecule has 270 valence electrons. The molecular weight excluding hydrogens is 660 g/mol. The molecule has 6 amide bonds. The van der Waals surface area contributed by atoms with Crippen molar-refractivity contribution in [3.05, 3.63) is 125 Å². The van der Waals surface area contributed by atoms with Gasteiger partial charge in [-0.1, -0.05) is 72.8 Å². The lowest BCUT2D eigenvalue weighted by atomic mass is 9.91. The molecule has 4 N–H and O–H groups in total. The molecule has 1 heterocycles. The summed E-state index contributed by atoms with van der Waals surface area (Å²) < 4.78 is 5.25.